The van der Waals surface area contributed by atoms with Crippen LogP contribution in [0.1, 0.15) is 22.1 Å². The molecule has 2 unspecified atom stereocenters. The SMILES string of the molecule is Cc1ccc(N2C(=O)C3Sc4[nH]c(=O)sc4[C@H](c4ccco4)C3C2=O)cc1. The third-order valence-electron chi connectivity index (χ3n) is 4.97. The molecular weight excluding hydrogens is 384 g/mol. The predicted molar refractivity (Wildman–Crippen MR) is 102 cm³/mol. The molecule has 8 heteroatoms. The number of hydrogen-bond acceptors (Lipinski definition) is 6. The molecule has 0 saturated carbocycles. The van der Waals surface area contributed by atoms with Crippen LogP contribution in [0.3, 0.4) is 0 Å². The Bertz CT molecular complexity index is 1100. The Morgan fingerprint density at radius 1 is 1.07 bits per heavy atom. The summed E-state index contributed by atoms with van der Waals surface area (Å²) in [7, 11) is 0. The maximum atomic E-state index is 13.3. The van der Waals surface area contributed by atoms with Crippen molar-refractivity contribution in [2.45, 2.75) is 23.1 Å². The molecule has 2 aromatic heterocycles. The van der Waals surface area contributed by atoms with Gasteiger partial charge in [0.2, 0.25) is 11.8 Å². The van der Waals surface area contributed by atoms with Crippen molar-refractivity contribution in [3.05, 3.63) is 68.5 Å². The molecule has 1 N–H and O–H groups in total. The van der Waals surface area contributed by atoms with E-state index in [1.54, 1.807) is 30.5 Å². The van der Waals surface area contributed by atoms with Crippen LogP contribution in [-0.4, -0.2) is 22.0 Å². The molecule has 2 aliphatic heterocycles. The lowest BCUT2D eigenvalue weighted by atomic mass is 9.87. The summed E-state index contributed by atoms with van der Waals surface area (Å²) in [4.78, 5) is 43.0. The van der Waals surface area contributed by atoms with Crippen LogP contribution in [0.15, 0.2) is 56.9 Å². The highest BCUT2D eigenvalue weighted by Crippen LogP contribution is 2.53. The minimum Gasteiger partial charge on any atom is -0.469 e. The van der Waals surface area contributed by atoms with Crippen LogP contribution in [0, 0.1) is 12.8 Å². The first-order chi connectivity index (χ1) is 13.0. The highest BCUT2D eigenvalue weighted by molar-refractivity contribution is 8.00. The fourth-order valence-electron chi connectivity index (χ4n) is 3.74. The van der Waals surface area contributed by atoms with E-state index in [1.165, 1.54) is 16.7 Å². The lowest BCUT2D eigenvalue weighted by Gasteiger charge is -2.27. The number of thioether (sulfide) groups is 1. The molecular formula is C19H14N2O4S2. The number of thiazole rings is 1. The van der Waals surface area contributed by atoms with E-state index in [0.717, 1.165) is 21.8 Å². The van der Waals surface area contributed by atoms with E-state index >= 15 is 0 Å². The van der Waals surface area contributed by atoms with Crippen LogP contribution in [0.25, 0.3) is 0 Å². The number of carbonyl (C=O) groups excluding carboxylic acids is 2. The van der Waals surface area contributed by atoms with Gasteiger partial charge in [-0.1, -0.05) is 40.8 Å². The van der Waals surface area contributed by atoms with Gasteiger partial charge in [-0.15, -0.1) is 0 Å². The Kier molecular flexibility index (Phi) is 3.66. The molecule has 2 amide bonds. The number of benzene rings is 1. The number of amides is 2. The number of nitrogens with one attached hydrogen (secondary N) is 1. The van der Waals surface area contributed by atoms with E-state index in [9.17, 15) is 14.4 Å². The standard InChI is InChI=1S/C19H14N2O4S2/c1-9-4-6-10(7-5-9)21-17(22)13-12(11-3-2-8-25-11)14-16(20-19(24)27-14)26-15(13)18(21)23/h2-8,12-13,15H,1H3,(H,20,24)/t12-,13?,15?/m1/s1. The van der Waals surface area contributed by atoms with Crippen LogP contribution in [-0.2, 0) is 9.59 Å². The van der Waals surface area contributed by atoms with Crippen LogP contribution >= 0.6 is 23.1 Å². The van der Waals surface area contributed by atoms with Gasteiger partial charge in [-0.05, 0) is 31.2 Å². The molecule has 0 radical (unpaired) electrons. The van der Waals surface area contributed by atoms with E-state index in [0.29, 0.717) is 16.5 Å². The van der Waals surface area contributed by atoms with Crippen molar-refractivity contribution in [3.8, 4) is 0 Å². The first-order valence-corrected chi connectivity index (χ1v) is 10.1. The third kappa shape index (κ3) is 2.44. The highest BCUT2D eigenvalue weighted by atomic mass is 32.2. The van der Waals surface area contributed by atoms with Gasteiger partial charge in [-0.2, -0.15) is 0 Å². The number of imide groups is 1. The largest absolute Gasteiger partial charge is 0.469 e. The first-order valence-electron chi connectivity index (χ1n) is 8.42. The van der Waals surface area contributed by atoms with E-state index in [1.807, 2.05) is 19.1 Å². The topological polar surface area (TPSA) is 83.4 Å². The van der Waals surface area contributed by atoms with Crippen LogP contribution in [0.2, 0.25) is 0 Å². The van der Waals surface area contributed by atoms with Gasteiger partial charge in [0.05, 0.1) is 33.7 Å². The maximum Gasteiger partial charge on any atom is 0.305 e. The smallest absolute Gasteiger partial charge is 0.305 e. The fourth-order valence-corrected chi connectivity index (χ4v) is 6.24. The number of H-pyrrole nitrogens is 1. The number of furan rings is 1. The number of anilines is 1. The lowest BCUT2D eigenvalue weighted by molar-refractivity contribution is -0.122. The second kappa shape index (κ2) is 5.97. The molecule has 27 heavy (non-hydrogen) atoms. The molecule has 136 valence electrons. The second-order valence-electron chi connectivity index (χ2n) is 6.61. The van der Waals surface area contributed by atoms with Crippen molar-refractivity contribution in [1.82, 2.24) is 4.98 Å². The summed E-state index contributed by atoms with van der Waals surface area (Å²) in [5.74, 6) is -0.970. The van der Waals surface area contributed by atoms with E-state index in [2.05, 4.69) is 4.98 Å². The second-order valence-corrected chi connectivity index (χ2v) is 8.78. The van der Waals surface area contributed by atoms with Crippen LogP contribution in [0.5, 0.6) is 0 Å². The summed E-state index contributed by atoms with van der Waals surface area (Å²) in [6, 6.07) is 10.9. The summed E-state index contributed by atoms with van der Waals surface area (Å²) >= 11 is 2.34. The van der Waals surface area contributed by atoms with Crippen molar-refractivity contribution in [2.24, 2.45) is 5.92 Å². The summed E-state index contributed by atoms with van der Waals surface area (Å²) in [6.07, 6.45) is 1.54. The normalized spacial score (nSPS) is 24.2. The Hall–Kier alpha value is -2.58. The number of aromatic amines is 1. The van der Waals surface area contributed by atoms with Gasteiger partial charge in [0.25, 0.3) is 0 Å². The van der Waals surface area contributed by atoms with Crippen molar-refractivity contribution in [2.75, 3.05) is 4.90 Å². The minimum atomic E-state index is -0.603. The molecule has 0 bridgehead atoms. The summed E-state index contributed by atoms with van der Waals surface area (Å²) in [5, 5.41) is 0.0613. The number of fused-ring (bicyclic) bond motifs is 2. The Balaban J connectivity index is 1.64. The van der Waals surface area contributed by atoms with E-state index in [4.69, 9.17) is 4.42 Å². The molecule has 4 heterocycles. The van der Waals surface area contributed by atoms with E-state index in [-0.39, 0.29) is 16.7 Å². The van der Waals surface area contributed by atoms with Crippen LogP contribution in [0.4, 0.5) is 5.69 Å². The fraction of sp³-hybridized carbons (Fsp3) is 0.211. The predicted octanol–water partition coefficient (Wildman–Crippen LogP) is 3.13. The molecule has 6 nitrogen and oxygen atoms in total. The molecule has 0 spiro atoms. The average molecular weight is 398 g/mol. The first kappa shape index (κ1) is 16.6. The summed E-state index contributed by atoms with van der Waals surface area (Å²) in [6.45, 7) is 1.95. The van der Waals surface area contributed by atoms with Gasteiger partial charge in [0.1, 0.15) is 11.0 Å². The quantitative estimate of drug-likeness (QED) is 0.671. The number of carbonyl (C=O) groups is 2. The molecule has 1 fully saturated rings. The molecule has 2 aliphatic rings. The Morgan fingerprint density at radius 2 is 1.85 bits per heavy atom. The number of hydrogen-bond donors (Lipinski definition) is 1. The van der Waals surface area contributed by atoms with E-state index < -0.39 is 17.1 Å². The molecule has 3 atom stereocenters. The van der Waals surface area contributed by atoms with Gasteiger partial charge >= 0.3 is 4.87 Å². The number of rotatable bonds is 2. The van der Waals surface area contributed by atoms with Crippen molar-refractivity contribution in [1.29, 1.82) is 0 Å². The monoisotopic (exact) mass is 398 g/mol. The average Bonchev–Trinajstić information content (AvgIpc) is 3.34. The van der Waals surface area contributed by atoms with Gasteiger partial charge < -0.3 is 9.40 Å². The van der Waals surface area contributed by atoms with Crippen LogP contribution < -0.4 is 9.77 Å². The number of nitrogens with zero attached hydrogens (tertiary/aromatic N) is 1. The van der Waals surface area contributed by atoms with Gasteiger partial charge in [0.15, 0.2) is 0 Å². The number of aromatic nitrogens is 1. The molecule has 1 saturated heterocycles. The van der Waals surface area contributed by atoms with Crippen molar-refractivity contribution in [3.63, 3.8) is 0 Å². The van der Waals surface area contributed by atoms with Gasteiger partial charge in [-0.3, -0.25) is 14.4 Å². The number of aryl methyl sites for hydroxylation is 1. The molecule has 3 aromatic rings. The van der Waals surface area contributed by atoms with Crippen molar-refractivity contribution < 1.29 is 14.0 Å². The zero-order chi connectivity index (χ0) is 18.7. The molecule has 0 aliphatic carbocycles. The van der Waals surface area contributed by atoms with Gasteiger partial charge in [-0.25, -0.2) is 4.90 Å². The Morgan fingerprint density at radius 3 is 2.56 bits per heavy atom. The van der Waals surface area contributed by atoms with Gasteiger partial charge in [0, 0.05) is 0 Å². The van der Waals surface area contributed by atoms with Crippen molar-refractivity contribution >= 4 is 40.6 Å². The summed E-state index contributed by atoms with van der Waals surface area (Å²) in [5.41, 5.74) is 1.62. The Labute approximate surface area is 162 Å². The lowest BCUT2D eigenvalue weighted by Crippen LogP contribution is -2.32. The summed E-state index contributed by atoms with van der Waals surface area (Å²) < 4.78 is 5.59. The minimum absolute atomic E-state index is 0.195. The molecule has 5 rings (SSSR count). The highest BCUT2D eigenvalue weighted by Gasteiger charge is 2.57. The zero-order valence-electron chi connectivity index (χ0n) is 14.2. The zero-order valence-corrected chi connectivity index (χ0v) is 15.8. The molecule has 1 aromatic carbocycles. The third-order valence-corrected chi connectivity index (χ3v) is 7.37. The maximum absolute atomic E-state index is 13.3.